The topological polar surface area (TPSA) is 94.4 Å². The van der Waals surface area contributed by atoms with E-state index in [0.29, 0.717) is 27.7 Å². The number of amides is 1. The van der Waals surface area contributed by atoms with Gasteiger partial charge in [0, 0.05) is 16.3 Å². The first-order chi connectivity index (χ1) is 14.4. The highest BCUT2D eigenvalue weighted by Gasteiger charge is 2.17. The van der Waals surface area contributed by atoms with E-state index >= 15 is 0 Å². The highest BCUT2D eigenvalue weighted by Crippen LogP contribution is 2.34. The zero-order valence-electron chi connectivity index (χ0n) is 16.4. The number of hydrogen-bond donors (Lipinski definition) is 2. The Kier molecular flexibility index (Phi) is 4.87. The molecule has 0 saturated carbocycles. The first kappa shape index (κ1) is 19.4. The van der Waals surface area contributed by atoms with Crippen LogP contribution in [0.3, 0.4) is 0 Å². The number of nitrogens with one attached hydrogen (secondary N) is 1. The van der Waals surface area contributed by atoms with Gasteiger partial charge in [0.15, 0.2) is 11.6 Å². The summed E-state index contributed by atoms with van der Waals surface area (Å²) in [6, 6.07) is 13.2. The number of methoxy groups -OCH3 is 1. The van der Waals surface area contributed by atoms with Crippen LogP contribution in [-0.4, -0.2) is 30.6 Å². The van der Waals surface area contributed by atoms with Crippen molar-refractivity contribution < 1.29 is 23.5 Å². The van der Waals surface area contributed by atoms with Crippen molar-refractivity contribution in [1.82, 2.24) is 4.98 Å². The van der Waals surface area contributed by atoms with Crippen molar-refractivity contribution >= 4 is 33.7 Å². The predicted molar refractivity (Wildman–Crippen MR) is 112 cm³/mol. The van der Waals surface area contributed by atoms with E-state index in [4.69, 9.17) is 15.2 Å². The molecule has 152 valence electrons. The van der Waals surface area contributed by atoms with Crippen molar-refractivity contribution in [2.75, 3.05) is 13.7 Å². The van der Waals surface area contributed by atoms with Gasteiger partial charge in [-0.1, -0.05) is 12.1 Å². The smallest absolute Gasteiger partial charge is 0.338 e. The van der Waals surface area contributed by atoms with E-state index in [2.05, 4.69) is 4.98 Å². The van der Waals surface area contributed by atoms with Crippen LogP contribution in [0.25, 0.3) is 32.9 Å². The van der Waals surface area contributed by atoms with Gasteiger partial charge in [0.25, 0.3) is 5.91 Å². The molecule has 1 amide bonds. The molecule has 4 aromatic rings. The summed E-state index contributed by atoms with van der Waals surface area (Å²) in [4.78, 5) is 27.4. The van der Waals surface area contributed by atoms with Crippen LogP contribution in [0.15, 0.2) is 48.5 Å². The zero-order chi connectivity index (χ0) is 21.4. The molecular weight excluding hydrogens is 387 g/mol. The Labute approximate surface area is 171 Å². The number of H-pyrrole nitrogens is 1. The fraction of sp³-hybridized carbons (Fsp3) is 0.130. The normalized spacial score (nSPS) is 11.0. The van der Waals surface area contributed by atoms with E-state index < -0.39 is 17.7 Å². The lowest BCUT2D eigenvalue weighted by atomic mass is 9.98. The first-order valence-electron chi connectivity index (χ1n) is 9.33. The first-order valence-corrected chi connectivity index (χ1v) is 9.33. The molecule has 1 heterocycles. The molecule has 3 aromatic carbocycles. The highest BCUT2D eigenvalue weighted by atomic mass is 19.1. The third kappa shape index (κ3) is 3.24. The van der Waals surface area contributed by atoms with Gasteiger partial charge in [-0.15, -0.1) is 0 Å². The molecule has 0 aliphatic rings. The number of aromatic amines is 1. The molecule has 0 unspecified atom stereocenters. The van der Waals surface area contributed by atoms with Crippen molar-refractivity contribution in [3.8, 4) is 16.9 Å². The van der Waals surface area contributed by atoms with E-state index in [1.807, 2.05) is 6.07 Å². The number of ether oxygens (including phenoxy) is 2. The molecule has 6 nitrogen and oxygen atoms in total. The van der Waals surface area contributed by atoms with E-state index in [1.54, 1.807) is 37.3 Å². The van der Waals surface area contributed by atoms with Crippen molar-refractivity contribution in [2.45, 2.75) is 6.92 Å². The van der Waals surface area contributed by atoms with Gasteiger partial charge < -0.3 is 20.2 Å². The third-order valence-electron chi connectivity index (χ3n) is 4.97. The summed E-state index contributed by atoms with van der Waals surface area (Å²) in [5, 5.41) is 1.54. The molecule has 0 radical (unpaired) electrons. The molecule has 3 N–H and O–H groups in total. The van der Waals surface area contributed by atoms with E-state index in [9.17, 15) is 14.0 Å². The Hall–Kier alpha value is -3.87. The summed E-state index contributed by atoms with van der Waals surface area (Å²) < 4.78 is 24.2. The van der Waals surface area contributed by atoms with Crippen LogP contribution in [0.2, 0.25) is 0 Å². The van der Waals surface area contributed by atoms with Crippen LogP contribution in [0.1, 0.15) is 27.6 Å². The number of halogens is 1. The average Bonchev–Trinajstić information content (AvgIpc) is 3.10. The quantitative estimate of drug-likeness (QED) is 0.480. The summed E-state index contributed by atoms with van der Waals surface area (Å²) in [6.07, 6.45) is 0. The number of fused-ring (bicyclic) bond motifs is 3. The SMILES string of the molecule is CCOC(=O)c1ccc2c(c1)[nH]c1c(C(N)=O)cc(-c3ccc(OC)c(F)c3)cc12. The highest BCUT2D eigenvalue weighted by molar-refractivity contribution is 6.16. The fourth-order valence-corrected chi connectivity index (χ4v) is 3.55. The molecule has 4 rings (SSSR count). The third-order valence-corrected chi connectivity index (χ3v) is 4.97. The average molecular weight is 406 g/mol. The van der Waals surface area contributed by atoms with Crippen molar-refractivity contribution in [3.63, 3.8) is 0 Å². The molecule has 30 heavy (non-hydrogen) atoms. The number of primary amides is 1. The molecule has 0 aliphatic carbocycles. The molecule has 0 bridgehead atoms. The molecule has 0 spiro atoms. The minimum atomic E-state index is -0.618. The van der Waals surface area contributed by atoms with Gasteiger partial charge in [-0.3, -0.25) is 4.79 Å². The van der Waals surface area contributed by atoms with Crippen LogP contribution < -0.4 is 10.5 Å². The molecule has 0 aliphatic heterocycles. The maximum absolute atomic E-state index is 14.2. The maximum Gasteiger partial charge on any atom is 0.338 e. The fourth-order valence-electron chi connectivity index (χ4n) is 3.55. The Morgan fingerprint density at radius 2 is 1.83 bits per heavy atom. The number of rotatable bonds is 5. The van der Waals surface area contributed by atoms with Gasteiger partial charge >= 0.3 is 5.97 Å². The monoisotopic (exact) mass is 406 g/mol. The number of carbonyl (C=O) groups is 2. The second-order valence-corrected chi connectivity index (χ2v) is 6.77. The minimum absolute atomic E-state index is 0.133. The standard InChI is InChI=1S/C23H19FN2O4/c1-3-30-23(28)13-4-6-15-16-8-14(12-5-7-20(29-2)18(24)10-12)9-17(22(25)27)21(16)26-19(15)11-13/h4-11,26H,3H2,1-2H3,(H2,25,27). The molecular formula is C23H19FN2O4. The summed E-state index contributed by atoms with van der Waals surface area (Å²) in [6.45, 7) is 2.01. The number of aromatic nitrogens is 1. The van der Waals surface area contributed by atoms with Crippen LogP contribution in [0, 0.1) is 5.82 Å². The molecule has 1 aromatic heterocycles. The van der Waals surface area contributed by atoms with Gasteiger partial charge in [-0.2, -0.15) is 0 Å². The van der Waals surface area contributed by atoms with E-state index in [-0.39, 0.29) is 17.9 Å². The number of hydrogen-bond acceptors (Lipinski definition) is 4. The number of nitrogens with two attached hydrogens (primary N) is 1. The molecule has 0 atom stereocenters. The van der Waals surface area contributed by atoms with Crippen LogP contribution in [0.4, 0.5) is 4.39 Å². The van der Waals surface area contributed by atoms with E-state index in [0.717, 1.165) is 10.8 Å². The Balaban J connectivity index is 1.94. The molecule has 0 fully saturated rings. The summed E-state index contributed by atoms with van der Waals surface area (Å²) in [7, 11) is 1.39. The number of esters is 1. The van der Waals surface area contributed by atoms with Gasteiger partial charge in [0.1, 0.15) is 0 Å². The Morgan fingerprint density at radius 3 is 2.50 bits per heavy atom. The van der Waals surface area contributed by atoms with Crippen molar-refractivity contribution in [3.05, 3.63) is 65.5 Å². The largest absolute Gasteiger partial charge is 0.494 e. The van der Waals surface area contributed by atoms with Crippen molar-refractivity contribution in [2.24, 2.45) is 5.73 Å². The molecule has 0 saturated heterocycles. The zero-order valence-corrected chi connectivity index (χ0v) is 16.4. The summed E-state index contributed by atoms with van der Waals surface area (Å²) in [5.74, 6) is -1.42. The predicted octanol–water partition coefficient (Wildman–Crippen LogP) is 4.41. The lowest BCUT2D eigenvalue weighted by Crippen LogP contribution is -2.11. The summed E-state index contributed by atoms with van der Waals surface area (Å²) >= 11 is 0. The lowest BCUT2D eigenvalue weighted by molar-refractivity contribution is 0.0526. The lowest BCUT2D eigenvalue weighted by Gasteiger charge is -2.08. The van der Waals surface area contributed by atoms with Gasteiger partial charge in [0.2, 0.25) is 0 Å². The number of benzene rings is 3. The molecule has 7 heteroatoms. The van der Waals surface area contributed by atoms with Gasteiger partial charge in [-0.25, -0.2) is 9.18 Å². The number of carbonyl (C=O) groups excluding carboxylic acids is 2. The Bertz CT molecular complexity index is 1310. The van der Waals surface area contributed by atoms with E-state index in [1.165, 1.54) is 19.2 Å². The van der Waals surface area contributed by atoms with Crippen LogP contribution >= 0.6 is 0 Å². The van der Waals surface area contributed by atoms with Crippen LogP contribution in [-0.2, 0) is 4.74 Å². The summed E-state index contributed by atoms with van der Waals surface area (Å²) in [5.41, 5.74) is 8.71. The maximum atomic E-state index is 14.2. The van der Waals surface area contributed by atoms with Crippen molar-refractivity contribution in [1.29, 1.82) is 0 Å². The second kappa shape index (κ2) is 7.51. The Morgan fingerprint density at radius 1 is 1.03 bits per heavy atom. The van der Waals surface area contributed by atoms with Gasteiger partial charge in [0.05, 0.1) is 30.4 Å². The van der Waals surface area contributed by atoms with Crippen LogP contribution in [0.5, 0.6) is 5.75 Å². The van der Waals surface area contributed by atoms with Gasteiger partial charge in [-0.05, 0) is 54.4 Å². The minimum Gasteiger partial charge on any atom is -0.494 e. The second-order valence-electron chi connectivity index (χ2n) is 6.77.